The van der Waals surface area contributed by atoms with Gasteiger partial charge in [0.25, 0.3) is 0 Å². The van der Waals surface area contributed by atoms with Crippen molar-refractivity contribution < 1.29 is 0 Å². The first kappa shape index (κ1) is 7.14. The van der Waals surface area contributed by atoms with Gasteiger partial charge in [-0.3, -0.25) is 0 Å². The summed E-state index contributed by atoms with van der Waals surface area (Å²) in [6.07, 6.45) is 9.61. The van der Waals surface area contributed by atoms with E-state index in [0.717, 1.165) is 18.4 Å². The highest BCUT2D eigenvalue weighted by atomic mass is 14.6. The van der Waals surface area contributed by atoms with Crippen LogP contribution >= 0.6 is 0 Å². The highest BCUT2D eigenvalue weighted by molar-refractivity contribution is 5.23. The predicted octanol–water partition coefficient (Wildman–Crippen LogP) is 2.08. The summed E-state index contributed by atoms with van der Waals surface area (Å²) in [5.41, 5.74) is 8.08. The molecule has 2 fully saturated rings. The molecule has 0 radical (unpaired) electrons. The van der Waals surface area contributed by atoms with Gasteiger partial charge >= 0.3 is 0 Å². The summed E-state index contributed by atoms with van der Waals surface area (Å²) in [5, 5.41) is 0. The molecule has 0 heterocycles. The van der Waals surface area contributed by atoms with Crippen LogP contribution in [0.5, 0.6) is 0 Å². The van der Waals surface area contributed by atoms with Gasteiger partial charge in [0.05, 0.1) is 0 Å². The average molecular weight is 163 g/mol. The van der Waals surface area contributed by atoms with Gasteiger partial charge in [-0.25, -0.2) is 0 Å². The van der Waals surface area contributed by atoms with Gasteiger partial charge in [-0.05, 0) is 43.9 Å². The molecule has 4 aliphatic carbocycles. The predicted molar refractivity (Wildman–Crippen MR) is 49.6 cm³/mol. The molecule has 1 nitrogen and oxygen atoms in total. The highest BCUT2D eigenvalue weighted by Crippen LogP contribution is 2.55. The Hall–Kier alpha value is -0.300. The van der Waals surface area contributed by atoms with E-state index >= 15 is 0 Å². The molecule has 4 rings (SSSR count). The molecule has 0 aliphatic heterocycles. The molecule has 4 bridgehead atoms. The van der Waals surface area contributed by atoms with Gasteiger partial charge in [-0.15, -0.1) is 0 Å². The summed E-state index contributed by atoms with van der Waals surface area (Å²) in [4.78, 5) is 0. The van der Waals surface area contributed by atoms with Crippen molar-refractivity contribution in [1.29, 1.82) is 0 Å². The second kappa shape index (κ2) is 2.14. The summed E-state index contributed by atoms with van der Waals surface area (Å²) in [5.74, 6) is 2.00. The number of hydrogen-bond acceptors (Lipinski definition) is 1. The molecular weight excluding hydrogens is 146 g/mol. The molecule has 2 saturated carbocycles. The van der Waals surface area contributed by atoms with Gasteiger partial charge in [0.15, 0.2) is 0 Å². The van der Waals surface area contributed by atoms with Gasteiger partial charge < -0.3 is 5.73 Å². The standard InChI is InChI=1S/C11H17N/c12-7-11-4-8-1-9(5-11)3-10(2-8)6-11/h4,9-10H,1-3,5-7,12H2. The molecule has 66 valence electrons. The van der Waals surface area contributed by atoms with Crippen LogP contribution in [0.4, 0.5) is 0 Å². The smallest absolute Gasteiger partial charge is 0.00145 e. The van der Waals surface area contributed by atoms with Crippen LogP contribution in [0.2, 0.25) is 0 Å². The Morgan fingerprint density at radius 3 is 2.50 bits per heavy atom. The Morgan fingerprint density at radius 1 is 1.33 bits per heavy atom. The second-order valence-corrected chi connectivity index (χ2v) is 5.15. The third kappa shape index (κ3) is 0.832. The van der Waals surface area contributed by atoms with Crippen LogP contribution in [0.1, 0.15) is 32.1 Å². The molecule has 2 atom stereocenters. The summed E-state index contributed by atoms with van der Waals surface area (Å²) in [7, 11) is 0. The van der Waals surface area contributed by atoms with Crippen molar-refractivity contribution in [3.05, 3.63) is 11.6 Å². The van der Waals surface area contributed by atoms with Gasteiger partial charge in [0.2, 0.25) is 0 Å². The van der Waals surface area contributed by atoms with Crippen molar-refractivity contribution in [2.45, 2.75) is 32.1 Å². The lowest BCUT2D eigenvalue weighted by Crippen LogP contribution is -2.44. The van der Waals surface area contributed by atoms with E-state index in [1.54, 1.807) is 5.57 Å². The first-order valence-corrected chi connectivity index (χ1v) is 5.20. The molecule has 0 aromatic heterocycles. The fraction of sp³-hybridized carbons (Fsp3) is 0.818. The molecule has 0 saturated heterocycles. The molecular formula is C11H17N. The van der Waals surface area contributed by atoms with E-state index in [9.17, 15) is 0 Å². The van der Waals surface area contributed by atoms with Crippen LogP contribution in [-0.4, -0.2) is 6.54 Å². The number of nitrogens with two attached hydrogens (primary N) is 1. The lowest BCUT2D eigenvalue weighted by molar-refractivity contribution is 0.0935. The third-order valence-corrected chi connectivity index (χ3v) is 4.08. The Labute approximate surface area is 74.0 Å². The fourth-order valence-corrected chi connectivity index (χ4v) is 3.90. The molecule has 2 N–H and O–H groups in total. The summed E-state index contributed by atoms with van der Waals surface area (Å²) < 4.78 is 0. The minimum absolute atomic E-state index is 0.458. The zero-order valence-corrected chi connectivity index (χ0v) is 7.55. The molecule has 1 heteroatoms. The van der Waals surface area contributed by atoms with Crippen molar-refractivity contribution in [2.75, 3.05) is 6.54 Å². The summed E-state index contributed by atoms with van der Waals surface area (Å²) in [6, 6.07) is 0. The Bertz CT molecular complexity index is 225. The van der Waals surface area contributed by atoms with E-state index in [1.807, 2.05) is 0 Å². The maximum atomic E-state index is 5.88. The Morgan fingerprint density at radius 2 is 2.00 bits per heavy atom. The number of allylic oxidation sites excluding steroid dienone is 1. The summed E-state index contributed by atoms with van der Waals surface area (Å²) >= 11 is 0. The van der Waals surface area contributed by atoms with E-state index in [4.69, 9.17) is 5.73 Å². The van der Waals surface area contributed by atoms with Gasteiger partial charge in [-0.1, -0.05) is 11.6 Å². The van der Waals surface area contributed by atoms with Gasteiger partial charge in [-0.2, -0.15) is 0 Å². The van der Waals surface area contributed by atoms with E-state index in [-0.39, 0.29) is 0 Å². The Balaban J connectivity index is 2.03. The molecule has 4 aliphatic rings. The molecule has 0 spiro atoms. The topological polar surface area (TPSA) is 26.0 Å². The lowest BCUT2D eigenvalue weighted by Gasteiger charge is -2.51. The van der Waals surface area contributed by atoms with Gasteiger partial charge in [0, 0.05) is 12.0 Å². The average Bonchev–Trinajstić information content (AvgIpc) is 2.02. The van der Waals surface area contributed by atoms with Crippen molar-refractivity contribution in [2.24, 2.45) is 23.0 Å². The highest BCUT2D eigenvalue weighted by Gasteiger charge is 2.45. The van der Waals surface area contributed by atoms with Crippen molar-refractivity contribution in [3.8, 4) is 0 Å². The minimum Gasteiger partial charge on any atom is -0.330 e. The third-order valence-electron chi connectivity index (χ3n) is 4.08. The second-order valence-electron chi connectivity index (χ2n) is 5.15. The normalized spacial score (nSPS) is 49.6. The van der Waals surface area contributed by atoms with E-state index in [2.05, 4.69) is 6.08 Å². The van der Waals surface area contributed by atoms with Crippen LogP contribution < -0.4 is 5.73 Å². The quantitative estimate of drug-likeness (QED) is 0.588. The lowest BCUT2D eigenvalue weighted by atomic mass is 9.54. The largest absolute Gasteiger partial charge is 0.330 e. The molecule has 0 aromatic rings. The zero-order valence-electron chi connectivity index (χ0n) is 7.55. The van der Waals surface area contributed by atoms with Crippen LogP contribution in [-0.2, 0) is 0 Å². The molecule has 2 unspecified atom stereocenters. The van der Waals surface area contributed by atoms with Crippen LogP contribution in [0, 0.1) is 17.3 Å². The van der Waals surface area contributed by atoms with E-state index < -0.39 is 0 Å². The van der Waals surface area contributed by atoms with E-state index in [0.29, 0.717) is 5.41 Å². The molecule has 0 aromatic carbocycles. The number of hydrogen-bond donors (Lipinski definition) is 1. The maximum Gasteiger partial charge on any atom is 0.00145 e. The van der Waals surface area contributed by atoms with Crippen molar-refractivity contribution in [1.82, 2.24) is 0 Å². The van der Waals surface area contributed by atoms with Crippen molar-refractivity contribution in [3.63, 3.8) is 0 Å². The molecule has 12 heavy (non-hydrogen) atoms. The first-order valence-electron chi connectivity index (χ1n) is 5.20. The van der Waals surface area contributed by atoms with Gasteiger partial charge in [0.1, 0.15) is 0 Å². The number of rotatable bonds is 1. The monoisotopic (exact) mass is 163 g/mol. The van der Waals surface area contributed by atoms with Crippen molar-refractivity contribution >= 4 is 0 Å². The minimum atomic E-state index is 0.458. The SMILES string of the molecule is NCC12C=C3CC(CC(C3)C1)C2. The summed E-state index contributed by atoms with van der Waals surface area (Å²) in [6.45, 7) is 0.892. The Kier molecular flexibility index (Phi) is 1.27. The maximum absolute atomic E-state index is 5.88. The molecule has 0 amide bonds. The first-order chi connectivity index (χ1) is 5.80. The van der Waals surface area contributed by atoms with E-state index in [1.165, 1.54) is 32.1 Å². The van der Waals surface area contributed by atoms with Crippen LogP contribution in [0.25, 0.3) is 0 Å². The van der Waals surface area contributed by atoms with Crippen LogP contribution in [0.15, 0.2) is 11.6 Å². The van der Waals surface area contributed by atoms with Crippen LogP contribution in [0.3, 0.4) is 0 Å². The fourth-order valence-electron chi connectivity index (χ4n) is 3.90. The zero-order chi connectivity index (χ0) is 8.18.